The van der Waals surface area contributed by atoms with Crippen LogP contribution in [0.5, 0.6) is 0 Å². The highest BCUT2D eigenvalue weighted by atomic mass is 16.2. The molecule has 3 amide bonds. The molecule has 0 unspecified atom stereocenters. The largest absolute Gasteiger partial charge is 0.351 e. The van der Waals surface area contributed by atoms with Gasteiger partial charge in [0.05, 0.1) is 0 Å². The summed E-state index contributed by atoms with van der Waals surface area (Å²) in [5.41, 5.74) is 7.10. The van der Waals surface area contributed by atoms with Crippen molar-refractivity contribution < 1.29 is 9.59 Å². The second-order valence-corrected chi connectivity index (χ2v) is 3.20. The zero-order valence-electron chi connectivity index (χ0n) is 8.63. The summed E-state index contributed by atoms with van der Waals surface area (Å²) in [4.78, 5) is 21.5. The summed E-state index contributed by atoms with van der Waals surface area (Å²) in [6.07, 6.45) is 0. The fourth-order valence-electron chi connectivity index (χ4n) is 1.17. The van der Waals surface area contributed by atoms with Crippen LogP contribution in [0.1, 0.15) is 12.5 Å². The van der Waals surface area contributed by atoms with Gasteiger partial charge in [-0.1, -0.05) is 6.07 Å². The minimum absolute atomic E-state index is 0.163. The van der Waals surface area contributed by atoms with Crippen molar-refractivity contribution in [2.75, 3.05) is 10.6 Å². The smallest absolute Gasteiger partial charge is 0.316 e. The fraction of sp³-hybridized carbons (Fsp3) is 0.200. The van der Waals surface area contributed by atoms with E-state index < -0.39 is 6.03 Å². The molecule has 0 fully saturated rings. The van der Waals surface area contributed by atoms with Crippen molar-refractivity contribution in [1.82, 2.24) is 0 Å². The molecule has 1 rings (SSSR count). The summed E-state index contributed by atoms with van der Waals surface area (Å²) in [6.45, 7) is 3.25. The van der Waals surface area contributed by atoms with E-state index in [9.17, 15) is 9.59 Å². The minimum Gasteiger partial charge on any atom is -0.351 e. The summed E-state index contributed by atoms with van der Waals surface area (Å²) in [7, 11) is 0. The Morgan fingerprint density at radius 3 is 2.47 bits per heavy atom. The van der Waals surface area contributed by atoms with Gasteiger partial charge in [-0.2, -0.15) is 0 Å². The average Bonchev–Trinajstić information content (AvgIpc) is 2.09. The summed E-state index contributed by atoms with van der Waals surface area (Å²) in [6, 6.07) is 4.57. The molecule has 0 aliphatic rings. The van der Waals surface area contributed by atoms with Gasteiger partial charge in [-0.25, -0.2) is 4.79 Å². The predicted octanol–water partition coefficient (Wildman–Crippen LogP) is 1.44. The first-order valence-corrected chi connectivity index (χ1v) is 4.43. The topological polar surface area (TPSA) is 84.2 Å². The zero-order chi connectivity index (χ0) is 11.4. The molecular formula is C10H13N3O2. The lowest BCUT2D eigenvalue weighted by atomic mass is 10.2. The van der Waals surface area contributed by atoms with Crippen LogP contribution >= 0.6 is 0 Å². The quantitative estimate of drug-likeness (QED) is 0.685. The number of urea groups is 1. The number of anilines is 2. The maximum absolute atomic E-state index is 10.8. The number of hydrogen-bond donors (Lipinski definition) is 3. The van der Waals surface area contributed by atoms with E-state index in [1.165, 1.54) is 6.92 Å². The minimum atomic E-state index is -0.627. The zero-order valence-corrected chi connectivity index (χ0v) is 8.63. The standard InChI is InChI=1S/C10H13N3O2/c1-6-3-4-8(12-7(2)14)5-9(6)13-10(11)15/h3-5H,1-2H3,(H,12,14)(H3,11,13,15). The van der Waals surface area contributed by atoms with E-state index in [2.05, 4.69) is 10.6 Å². The van der Waals surface area contributed by atoms with Crippen LogP contribution in [0.25, 0.3) is 0 Å². The molecule has 5 nitrogen and oxygen atoms in total. The van der Waals surface area contributed by atoms with Crippen LogP contribution in [0.4, 0.5) is 16.2 Å². The van der Waals surface area contributed by atoms with Crippen molar-refractivity contribution in [3.63, 3.8) is 0 Å². The van der Waals surface area contributed by atoms with Gasteiger partial charge in [0.15, 0.2) is 0 Å². The lowest BCUT2D eigenvalue weighted by molar-refractivity contribution is -0.114. The van der Waals surface area contributed by atoms with Crippen molar-refractivity contribution in [3.8, 4) is 0 Å². The number of aryl methyl sites for hydroxylation is 1. The molecule has 0 saturated heterocycles. The van der Waals surface area contributed by atoms with Crippen LogP contribution in [0, 0.1) is 6.92 Å². The van der Waals surface area contributed by atoms with Crippen molar-refractivity contribution in [2.24, 2.45) is 5.73 Å². The number of benzene rings is 1. The third-order valence-electron chi connectivity index (χ3n) is 1.82. The Bertz CT molecular complexity index is 402. The van der Waals surface area contributed by atoms with Gasteiger partial charge in [0, 0.05) is 18.3 Å². The molecule has 0 aliphatic heterocycles. The lowest BCUT2D eigenvalue weighted by Crippen LogP contribution is -2.20. The van der Waals surface area contributed by atoms with E-state index in [0.717, 1.165) is 5.56 Å². The SMILES string of the molecule is CC(=O)Nc1ccc(C)c(NC(N)=O)c1. The Hall–Kier alpha value is -2.04. The first-order chi connectivity index (χ1) is 6.99. The lowest BCUT2D eigenvalue weighted by Gasteiger charge is -2.08. The monoisotopic (exact) mass is 207 g/mol. The molecule has 0 saturated carbocycles. The summed E-state index contributed by atoms with van der Waals surface area (Å²) < 4.78 is 0. The number of nitrogens with two attached hydrogens (primary N) is 1. The molecular weight excluding hydrogens is 194 g/mol. The van der Waals surface area contributed by atoms with Crippen LogP contribution in [-0.2, 0) is 4.79 Å². The number of primary amides is 1. The Labute approximate surface area is 87.7 Å². The highest BCUT2D eigenvalue weighted by molar-refractivity contribution is 5.92. The Balaban J connectivity index is 2.94. The van der Waals surface area contributed by atoms with Gasteiger partial charge in [-0.3, -0.25) is 4.79 Å². The van der Waals surface area contributed by atoms with E-state index in [-0.39, 0.29) is 5.91 Å². The van der Waals surface area contributed by atoms with E-state index in [1.54, 1.807) is 18.2 Å². The second-order valence-electron chi connectivity index (χ2n) is 3.20. The maximum Gasteiger partial charge on any atom is 0.316 e. The van der Waals surface area contributed by atoms with Crippen molar-refractivity contribution >= 4 is 23.3 Å². The molecule has 0 bridgehead atoms. The third-order valence-corrected chi connectivity index (χ3v) is 1.82. The molecule has 1 aromatic carbocycles. The van der Waals surface area contributed by atoms with Crippen molar-refractivity contribution in [3.05, 3.63) is 23.8 Å². The number of rotatable bonds is 2. The van der Waals surface area contributed by atoms with Crippen molar-refractivity contribution in [2.45, 2.75) is 13.8 Å². The molecule has 80 valence electrons. The van der Waals surface area contributed by atoms with Gasteiger partial charge in [-0.05, 0) is 24.6 Å². The molecule has 4 N–H and O–H groups in total. The Morgan fingerprint density at radius 2 is 1.93 bits per heavy atom. The van der Waals surface area contributed by atoms with Crippen LogP contribution in [0.15, 0.2) is 18.2 Å². The summed E-state index contributed by atoms with van der Waals surface area (Å²) in [5.74, 6) is -0.163. The number of carbonyl (C=O) groups is 2. The first-order valence-electron chi connectivity index (χ1n) is 4.43. The Kier molecular flexibility index (Phi) is 3.28. The highest BCUT2D eigenvalue weighted by Crippen LogP contribution is 2.19. The summed E-state index contributed by atoms with van der Waals surface area (Å²) in [5, 5.41) is 5.09. The molecule has 0 radical (unpaired) electrons. The molecule has 5 heteroatoms. The van der Waals surface area contributed by atoms with Gasteiger partial charge in [0.2, 0.25) is 5.91 Å². The van der Waals surface area contributed by atoms with E-state index in [0.29, 0.717) is 11.4 Å². The third kappa shape index (κ3) is 3.30. The molecule has 1 aromatic rings. The first kappa shape index (κ1) is 11.0. The van der Waals surface area contributed by atoms with Gasteiger partial charge >= 0.3 is 6.03 Å². The van der Waals surface area contributed by atoms with Gasteiger partial charge < -0.3 is 16.4 Å². The van der Waals surface area contributed by atoms with Crippen LogP contribution < -0.4 is 16.4 Å². The second kappa shape index (κ2) is 4.45. The molecule has 0 aliphatic carbocycles. The average molecular weight is 207 g/mol. The molecule has 0 heterocycles. The van der Waals surface area contributed by atoms with E-state index >= 15 is 0 Å². The van der Waals surface area contributed by atoms with E-state index in [1.807, 2.05) is 6.92 Å². The molecule has 15 heavy (non-hydrogen) atoms. The van der Waals surface area contributed by atoms with Gasteiger partial charge in [-0.15, -0.1) is 0 Å². The number of carbonyl (C=O) groups excluding carboxylic acids is 2. The summed E-state index contributed by atoms with van der Waals surface area (Å²) >= 11 is 0. The number of nitrogens with one attached hydrogen (secondary N) is 2. The number of hydrogen-bond acceptors (Lipinski definition) is 2. The highest BCUT2D eigenvalue weighted by Gasteiger charge is 2.03. The van der Waals surface area contributed by atoms with Crippen LogP contribution in [-0.4, -0.2) is 11.9 Å². The fourth-order valence-corrected chi connectivity index (χ4v) is 1.17. The normalized spacial score (nSPS) is 9.47. The molecule has 0 aromatic heterocycles. The van der Waals surface area contributed by atoms with Gasteiger partial charge in [0.1, 0.15) is 0 Å². The number of amides is 3. The van der Waals surface area contributed by atoms with E-state index in [4.69, 9.17) is 5.73 Å². The maximum atomic E-state index is 10.8. The Morgan fingerprint density at radius 1 is 1.27 bits per heavy atom. The van der Waals surface area contributed by atoms with Crippen LogP contribution in [0.2, 0.25) is 0 Å². The van der Waals surface area contributed by atoms with Crippen LogP contribution in [0.3, 0.4) is 0 Å². The van der Waals surface area contributed by atoms with Crippen molar-refractivity contribution in [1.29, 1.82) is 0 Å². The molecule has 0 atom stereocenters. The molecule has 0 spiro atoms. The van der Waals surface area contributed by atoms with Gasteiger partial charge in [0.25, 0.3) is 0 Å². The predicted molar refractivity (Wildman–Crippen MR) is 58.7 cm³/mol.